The molecular weight excluding hydrogens is 248 g/mol. The molecule has 0 N–H and O–H groups in total. The maximum absolute atomic E-state index is 12.3. The largest absolute Gasteiger partial charge is 0.342 e. The molecule has 1 saturated heterocycles. The van der Waals surface area contributed by atoms with Gasteiger partial charge in [-0.1, -0.05) is 36.4 Å². The number of pyridine rings is 1. The van der Waals surface area contributed by atoms with Crippen molar-refractivity contribution >= 4 is 5.91 Å². The molecule has 1 unspecified atom stereocenters. The van der Waals surface area contributed by atoms with E-state index in [1.807, 2.05) is 53.6 Å². The van der Waals surface area contributed by atoms with Gasteiger partial charge in [0, 0.05) is 30.9 Å². The highest BCUT2D eigenvalue weighted by Gasteiger charge is 2.27. The van der Waals surface area contributed by atoms with Crippen LogP contribution in [0.3, 0.4) is 0 Å². The summed E-state index contributed by atoms with van der Waals surface area (Å²) >= 11 is 0. The third-order valence-corrected chi connectivity index (χ3v) is 3.85. The molecule has 1 aromatic heterocycles. The first-order chi connectivity index (χ1) is 9.83. The molecule has 1 fully saturated rings. The normalized spacial score (nSPS) is 18.2. The number of rotatable bonds is 3. The van der Waals surface area contributed by atoms with Crippen molar-refractivity contribution in [1.82, 2.24) is 9.88 Å². The van der Waals surface area contributed by atoms with Crippen LogP contribution >= 0.6 is 0 Å². The fourth-order valence-electron chi connectivity index (χ4n) is 2.73. The van der Waals surface area contributed by atoms with Crippen LogP contribution in [0.25, 0.3) is 0 Å². The lowest BCUT2D eigenvalue weighted by molar-refractivity contribution is -0.129. The number of likely N-dealkylation sites (tertiary alicyclic amines) is 1. The van der Waals surface area contributed by atoms with Crippen molar-refractivity contribution in [3.05, 3.63) is 66.0 Å². The average molecular weight is 266 g/mol. The number of carbonyl (C=O) groups excluding carboxylic acids is 1. The van der Waals surface area contributed by atoms with E-state index in [1.165, 1.54) is 0 Å². The third kappa shape index (κ3) is 2.87. The molecule has 102 valence electrons. The highest BCUT2D eigenvalue weighted by Crippen LogP contribution is 2.25. The van der Waals surface area contributed by atoms with Crippen LogP contribution in [0.4, 0.5) is 0 Å². The number of hydrogen-bond donors (Lipinski definition) is 0. The standard InChI is InChI=1S/C17H18N2O/c20-17(12-14-6-2-1-3-7-14)19-11-9-15(13-19)16-8-4-5-10-18-16/h1-8,10,15H,9,11-13H2. The quantitative estimate of drug-likeness (QED) is 0.855. The molecule has 1 aliphatic heterocycles. The van der Waals surface area contributed by atoms with E-state index in [1.54, 1.807) is 0 Å². The van der Waals surface area contributed by atoms with Crippen molar-refractivity contribution in [2.45, 2.75) is 18.8 Å². The van der Waals surface area contributed by atoms with Crippen LogP contribution in [0.15, 0.2) is 54.7 Å². The third-order valence-electron chi connectivity index (χ3n) is 3.85. The van der Waals surface area contributed by atoms with Gasteiger partial charge in [-0.3, -0.25) is 9.78 Å². The molecule has 0 bridgehead atoms. The van der Waals surface area contributed by atoms with Crippen LogP contribution in [0, 0.1) is 0 Å². The van der Waals surface area contributed by atoms with Gasteiger partial charge < -0.3 is 4.90 Å². The van der Waals surface area contributed by atoms with E-state index in [0.717, 1.165) is 30.8 Å². The number of carbonyl (C=O) groups is 1. The summed E-state index contributed by atoms with van der Waals surface area (Å²) in [6, 6.07) is 15.9. The highest BCUT2D eigenvalue weighted by atomic mass is 16.2. The Morgan fingerprint density at radius 1 is 1.15 bits per heavy atom. The highest BCUT2D eigenvalue weighted by molar-refractivity contribution is 5.79. The minimum absolute atomic E-state index is 0.217. The Bertz CT molecular complexity index is 568. The van der Waals surface area contributed by atoms with Crippen LogP contribution in [0.5, 0.6) is 0 Å². The summed E-state index contributed by atoms with van der Waals surface area (Å²) in [6.45, 7) is 1.63. The molecule has 3 nitrogen and oxygen atoms in total. The van der Waals surface area contributed by atoms with E-state index >= 15 is 0 Å². The maximum Gasteiger partial charge on any atom is 0.227 e. The molecule has 0 radical (unpaired) electrons. The van der Waals surface area contributed by atoms with Crippen molar-refractivity contribution in [1.29, 1.82) is 0 Å². The fraction of sp³-hybridized carbons (Fsp3) is 0.294. The summed E-state index contributed by atoms with van der Waals surface area (Å²) in [5.74, 6) is 0.602. The van der Waals surface area contributed by atoms with Crippen LogP contribution in [0.2, 0.25) is 0 Å². The molecule has 3 heteroatoms. The van der Waals surface area contributed by atoms with E-state index in [2.05, 4.69) is 11.1 Å². The lowest BCUT2D eigenvalue weighted by Gasteiger charge is -2.16. The van der Waals surface area contributed by atoms with E-state index in [9.17, 15) is 4.79 Å². The van der Waals surface area contributed by atoms with Gasteiger partial charge in [0.25, 0.3) is 0 Å². The van der Waals surface area contributed by atoms with Crippen molar-refractivity contribution in [3.63, 3.8) is 0 Å². The Morgan fingerprint density at radius 3 is 2.70 bits per heavy atom. The van der Waals surface area contributed by atoms with Gasteiger partial charge in [-0.15, -0.1) is 0 Å². The Labute approximate surface area is 119 Å². The molecular formula is C17H18N2O. The van der Waals surface area contributed by atoms with Gasteiger partial charge in [0.05, 0.1) is 6.42 Å². The predicted molar refractivity (Wildman–Crippen MR) is 78.3 cm³/mol. The molecule has 1 aromatic carbocycles. The van der Waals surface area contributed by atoms with Crippen molar-refractivity contribution < 1.29 is 4.79 Å². The summed E-state index contributed by atoms with van der Waals surface area (Å²) < 4.78 is 0. The van der Waals surface area contributed by atoms with Crippen LogP contribution in [-0.4, -0.2) is 28.9 Å². The second-order valence-electron chi connectivity index (χ2n) is 5.24. The molecule has 1 amide bonds. The Balaban J connectivity index is 1.61. The fourth-order valence-corrected chi connectivity index (χ4v) is 2.73. The minimum Gasteiger partial charge on any atom is -0.342 e. The maximum atomic E-state index is 12.3. The molecule has 3 rings (SSSR count). The Kier molecular flexibility index (Phi) is 3.77. The van der Waals surface area contributed by atoms with Gasteiger partial charge >= 0.3 is 0 Å². The van der Waals surface area contributed by atoms with Gasteiger partial charge in [0.15, 0.2) is 0 Å². The van der Waals surface area contributed by atoms with Crippen molar-refractivity contribution in [3.8, 4) is 0 Å². The summed E-state index contributed by atoms with van der Waals surface area (Å²) in [5, 5.41) is 0. The van der Waals surface area contributed by atoms with Gasteiger partial charge in [0.2, 0.25) is 5.91 Å². The summed E-state index contributed by atoms with van der Waals surface area (Å²) in [6.07, 6.45) is 3.33. The zero-order valence-electron chi connectivity index (χ0n) is 11.4. The van der Waals surface area contributed by atoms with Crippen LogP contribution < -0.4 is 0 Å². The Morgan fingerprint density at radius 2 is 1.95 bits per heavy atom. The Hall–Kier alpha value is -2.16. The first-order valence-corrected chi connectivity index (χ1v) is 7.05. The predicted octanol–water partition coefficient (Wildman–Crippen LogP) is 2.64. The molecule has 1 aliphatic rings. The molecule has 2 aromatic rings. The number of nitrogens with zero attached hydrogens (tertiary/aromatic N) is 2. The first-order valence-electron chi connectivity index (χ1n) is 7.05. The number of hydrogen-bond acceptors (Lipinski definition) is 2. The number of aromatic nitrogens is 1. The van der Waals surface area contributed by atoms with Gasteiger partial charge in [-0.25, -0.2) is 0 Å². The van der Waals surface area contributed by atoms with E-state index in [0.29, 0.717) is 12.3 Å². The van der Waals surface area contributed by atoms with Gasteiger partial charge in [-0.05, 0) is 24.1 Å². The zero-order chi connectivity index (χ0) is 13.8. The topological polar surface area (TPSA) is 33.2 Å². The lowest BCUT2D eigenvalue weighted by atomic mass is 10.0. The van der Waals surface area contributed by atoms with Crippen molar-refractivity contribution in [2.75, 3.05) is 13.1 Å². The zero-order valence-corrected chi connectivity index (χ0v) is 11.4. The smallest absolute Gasteiger partial charge is 0.227 e. The van der Waals surface area contributed by atoms with Gasteiger partial charge in [-0.2, -0.15) is 0 Å². The van der Waals surface area contributed by atoms with Gasteiger partial charge in [0.1, 0.15) is 0 Å². The monoisotopic (exact) mass is 266 g/mol. The lowest BCUT2D eigenvalue weighted by Crippen LogP contribution is -2.29. The molecule has 0 aliphatic carbocycles. The van der Waals surface area contributed by atoms with E-state index < -0.39 is 0 Å². The molecule has 1 atom stereocenters. The summed E-state index contributed by atoms with van der Waals surface area (Å²) in [4.78, 5) is 18.7. The molecule has 20 heavy (non-hydrogen) atoms. The second kappa shape index (κ2) is 5.87. The SMILES string of the molecule is O=C(Cc1ccccc1)N1CCC(c2ccccn2)C1. The average Bonchev–Trinajstić information content (AvgIpc) is 2.99. The van der Waals surface area contributed by atoms with Crippen molar-refractivity contribution in [2.24, 2.45) is 0 Å². The van der Waals surface area contributed by atoms with E-state index in [4.69, 9.17) is 0 Å². The summed E-state index contributed by atoms with van der Waals surface area (Å²) in [5.41, 5.74) is 2.18. The second-order valence-corrected chi connectivity index (χ2v) is 5.24. The molecule has 0 spiro atoms. The van der Waals surface area contributed by atoms with Crippen LogP contribution in [-0.2, 0) is 11.2 Å². The number of amides is 1. The van der Waals surface area contributed by atoms with E-state index in [-0.39, 0.29) is 5.91 Å². The first kappa shape index (κ1) is 12.9. The van der Waals surface area contributed by atoms with Crippen LogP contribution in [0.1, 0.15) is 23.6 Å². The minimum atomic E-state index is 0.217. The molecule has 0 saturated carbocycles. The molecule has 2 heterocycles. The summed E-state index contributed by atoms with van der Waals surface area (Å²) in [7, 11) is 0. The number of benzene rings is 1.